The van der Waals surface area contributed by atoms with E-state index in [0.717, 1.165) is 11.6 Å². The number of alkyl halides is 3. The van der Waals surface area contributed by atoms with Crippen LogP contribution in [0.4, 0.5) is 13.2 Å². The molecule has 0 radical (unpaired) electrons. The monoisotopic (exact) mass is 369 g/mol. The molecule has 0 saturated heterocycles. The summed E-state index contributed by atoms with van der Waals surface area (Å²) < 4.78 is 53.9. The van der Waals surface area contributed by atoms with Gasteiger partial charge in [0.2, 0.25) is 0 Å². The van der Waals surface area contributed by atoms with E-state index in [4.69, 9.17) is 14.2 Å². The van der Waals surface area contributed by atoms with Crippen molar-refractivity contribution in [3.8, 4) is 17.2 Å². The molecule has 1 amide bonds. The maximum atomic E-state index is 12.9. The number of benzene rings is 2. The molecule has 5 nitrogen and oxygen atoms in total. The van der Waals surface area contributed by atoms with Gasteiger partial charge in [0.25, 0.3) is 5.91 Å². The zero-order chi connectivity index (χ0) is 19.2. The summed E-state index contributed by atoms with van der Waals surface area (Å²) in [6.45, 7) is -0.357. The Morgan fingerprint density at radius 3 is 2.35 bits per heavy atom. The normalized spacial score (nSPS) is 11.0. The zero-order valence-corrected chi connectivity index (χ0v) is 14.2. The fraction of sp³-hybridized carbons (Fsp3) is 0.278. The van der Waals surface area contributed by atoms with Crippen LogP contribution >= 0.6 is 0 Å². The number of hydrogen-bond donors (Lipinski definition) is 1. The van der Waals surface area contributed by atoms with Gasteiger partial charge in [-0.3, -0.25) is 4.79 Å². The van der Waals surface area contributed by atoms with E-state index in [-0.39, 0.29) is 12.3 Å². The smallest absolute Gasteiger partial charge is 0.419 e. The lowest BCUT2D eigenvalue weighted by Gasteiger charge is -2.14. The Balaban J connectivity index is 1.93. The van der Waals surface area contributed by atoms with Gasteiger partial charge in [0.05, 0.1) is 19.8 Å². The van der Waals surface area contributed by atoms with Crippen molar-refractivity contribution >= 4 is 5.91 Å². The van der Waals surface area contributed by atoms with Crippen LogP contribution in [0.2, 0.25) is 0 Å². The maximum absolute atomic E-state index is 12.9. The number of ether oxygens (including phenoxy) is 3. The number of methoxy groups -OCH3 is 2. The van der Waals surface area contributed by atoms with E-state index in [1.165, 1.54) is 32.4 Å². The SMILES string of the molecule is COc1ccc(CNC(=O)COc2ccccc2C(F)(F)F)cc1OC. The summed E-state index contributed by atoms with van der Waals surface area (Å²) in [5, 5.41) is 2.57. The lowest BCUT2D eigenvalue weighted by Crippen LogP contribution is -2.28. The quantitative estimate of drug-likeness (QED) is 0.813. The average Bonchev–Trinajstić information content (AvgIpc) is 2.63. The molecule has 0 atom stereocenters. The molecule has 0 aliphatic rings. The zero-order valence-electron chi connectivity index (χ0n) is 14.2. The molecule has 1 N–H and O–H groups in total. The Bertz CT molecular complexity index is 762. The van der Waals surface area contributed by atoms with Crippen molar-refractivity contribution in [2.45, 2.75) is 12.7 Å². The Morgan fingerprint density at radius 2 is 1.69 bits per heavy atom. The minimum atomic E-state index is -4.55. The van der Waals surface area contributed by atoms with Crippen LogP contribution in [0.15, 0.2) is 42.5 Å². The first-order valence-corrected chi connectivity index (χ1v) is 7.61. The van der Waals surface area contributed by atoms with Crippen molar-refractivity contribution in [1.82, 2.24) is 5.32 Å². The lowest BCUT2D eigenvalue weighted by molar-refractivity contribution is -0.139. The molecule has 8 heteroatoms. The van der Waals surface area contributed by atoms with Gasteiger partial charge in [0.1, 0.15) is 5.75 Å². The largest absolute Gasteiger partial charge is 0.493 e. The molecule has 0 spiro atoms. The van der Waals surface area contributed by atoms with Crippen molar-refractivity contribution in [3.63, 3.8) is 0 Å². The summed E-state index contributed by atoms with van der Waals surface area (Å²) >= 11 is 0. The summed E-state index contributed by atoms with van der Waals surface area (Å²) in [5.74, 6) is 0.127. The van der Waals surface area contributed by atoms with Crippen molar-refractivity contribution in [3.05, 3.63) is 53.6 Å². The third kappa shape index (κ3) is 5.05. The molecule has 0 fully saturated rings. The van der Waals surface area contributed by atoms with Crippen LogP contribution in [0.1, 0.15) is 11.1 Å². The highest BCUT2D eigenvalue weighted by Gasteiger charge is 2.34. The predicted molar refractivity (Wildman–Crippen MR) is 88.3 cm³/mol. The number of carbonyl (C=O) groups excluding carboxylic acids is 1. The summed E-state index contributed by atoms with van der Waals surface area (Å²) in [7, 11) is 3.00. The fourth-order valence-electron chi connectivity index (χ4n) is 2.21. The minimum Gasteiger partial charge on any atom is -0.493 e. The van der Waals surface area contributed by atoms with Crippen LogP contribution in [0.5, 0.6) is 17.2 Å². The second-order valence-electron chi connectivity index (χ2n) is 5.25. The molecule has 2 aromatic carbocycles. The Labute approximate surface area is 148 Å². The van der Waals surface area contributed by atoms with Crippen molar-refractivity contribution in [2.75, 3.05) is 20.8 Å². The summed E-state index contributed by atoms with van der Waals surface area (Å²) in [6.07, 6.45) is -4.55. The number of rotatable bonds is 7. The first-order valence-electron chi connectivity index (χ1n) is 7.61. The molecule has 26 heavy (non-hydrogen) atoms. The molecular formula is C18H18F3NO4. The molecule has 0 saturated carbocycles. The molecule has 0 aromatic heterocycles. The second kappa shape index (κ2) is 8.46. The van der Waals surface area contributed by atoms with Crippen LogP contribution in [-0.4, -0.2) is 26.7 Å². The highest BCUT2D eigenvalue weighted by molar-refractivity contribution is 5.77. The maximum Gasteiger partial charge on any atom is 0.419 e. The van der Waals surface area contributed by atoms with Crippen molar-refractivity contribution in [1.29, 1.82) is 0 Å². The summed E-state index contributed by atoms with van der Waals surface area (Å²) in [5.41, 5.74) is -0.181. The molecular weight excluding hydrogens is 351 g/mol. The highest BCUT2D eigenvalue weighted by atomic mass is 19.4. The number of hydrogen-bond acceptors (Lipinski definition) is 4. The van der Waals surface area contributed by atoms with Gasteiger partial charge in [0, 0.05) is 6.54 Å². The third-order valence-corrected chi connectivity index (χ3v) is 3.49. The molecule has 0 aliphatic carbocycles. The molecule has 0 unspecified atom stereocenters. The number of halogens is 3. The third-order valence-electron chi connectivity index (χ3n) is 3.49. The second-order valence-corrected chi connectivity index (χ2v) is 5.25. The first-order chi connectivity index (χ1) is 12.3. The molecule has 0 aliphatic heterocycles. The van der Waals surface area contributed by atoms with Gasteiger partial charge in [-0.1, -0.05) is 18.2 Å². The van der Waals surface area contributed by atoms with Crippen molar-refractivity contribution in [2.24, 2.45) is 0 Å². The van der Waals surface area contributed by atoms with Crippen LogP contribution in [-0.2, 0) is 17.5 Å². The predicted octanol–water partition coefficient (Wildman–Crippen LogP) is 3.42. The van der Waals surface area contributed by atoms with Crippen LogP contribution in [0.25, 0.3) is 0 Å². The summed E-state index contributed by atoms with van der Waals surface area (Å²) in [4.78, 5) is 11.9. The van der Waals surface area contributed by atoms with Gasteiger partial charge in [-0.15, -0.1) is 0 Å². The summed E-state index contributed by atoms with van der Waals surface area (Å²) in [6, 6.07) is 9.86. The highest BCUT2D eigenvalue weighted by Crippen LogP contribution is 2.35. The van der Waals surface area contributed by atoms with Gasteiger partial charge >= 0.3 is 6.18 Å². The Kier molecular flexibility index (Phi) is 6.32. The van der Waals surface area contributed by atoms with E-state index in [1.54, 1.807) is 18.2 Å². The van der Waals surface area contributed by atoms with Crippen LogP contribution in [0, 0.1) is 0 Å². The van der Waals surface area contributed by atoms with Crippen LogP contribution < -0.4 is 19.5 Å². The van der Waals surface area contributed by atoms with Gasteiger partial charge in [-0.05, 0) is 29.8 Å². The van der Waals surface area contributed by atoms with Crippen molar-refractivity contribution < 1.29 is 32.2 Å². The Hall–Kier alpha value is -2.90. The van der Waals surface area contributed by atoms with E-state index < -0.39 is 24.3 Å². The number of nitrogens with one attached hydrogen (secondary N) is 1. The number of amides is 1. The standard InChI is InChI=1S/C18H18F3NO4/c1-24-15-8-7-12(9-16(15)25-2)10-22-17(23)11-26-14-6-4-3-5-13(14)18(19,20)21/h3-9H,10-11H2,1-2H3,(H,22,23). The van der Waals surface area contributed by atoms with Gasteiger partial charge in [-0.2, -0.15) is 13.2 Å². The first kappa shape index (κ1) is 19.4. The van der Waals surface area contributed by atoms with E-state index in [2.05, 4.69) is 5.32 Å². The fourth-order valence-corrected chi connectivity index (χ4v) is 2.21. The number of para-hydroxylation sites is 1. The van der Waals surface area contributed by atoms with E-state index in [0.29, 0.717) is 11.5 Å². The average molecular weight is 369 g/mol. The van der Waals surface area contributed by atoms with Gasteiger partial charge in [-0.25, -0.2) is 0 Å². The minimum absolute atomic E-state index is 0.170. The molecule has 0 heterocycles. The van der Waals surface area contributed by atoms with Crippen LogP contribution in [0.3, 0.4) is 0 Å². The van der Waals surface area contributed by atoms with E-state index >= 15 is 0 Å². The van der Waals surface area contributed by atoms with Gasteiger partial charge in [0.15, 0.2) is 18.1 Å². The van der Waals surface area contributed by atoms with E-state index in [9.17, 15) is 18.0 Å². The molecule has 140 valence electrons. The van der Waals surface area contributed by atoms with E-state index in [1.807, 2.05) is 0 Å². The lowest BCUT2D eigenvalue weighted by atomic mass is 10.2. The number of carbonyl (C=O) groups is 1. The topological polar surface area (TPSA) is 56.8 Å². The van der Waals surface area contributed by atoms with Gasteiger partial charge < -0.3 is 19.5 Å². The Morgan fingerprint density at radius 1 is 1.00 bits per heavy atom. The molecule has 2 aromatic rings. The molecule has 2 rings (SSSR count). The molecule has 0 bridgehead atoms.